The van der Waals surface area contributed by atoms with Crippen LogP contribution in [0.1, 0.15) is 59.8 Å². The lowest BCUT2D eigenvalue weighted by atomic mass is 9.91. The van der Waals surface area contributed by atoms with Crippen molar-refractivity contribution in [3.8, 4) is 0 Å². The molecule has 15 heavy (non-hydrogen) atoms. The molecule has 0 aliphatic heterocycles. The zero-order valence-corrected chi connectivity index (χ0v) is 11.5. The van der Waals surface area contributed by atoms with Crippen LogP contribution in [0.3, 0.4) is 0 Å². The Hall–Kier alpha value is 0.0200. The van der Waals surface area contributed by atoms with Gasteiger partial charge in [0.25, 0.3) is 0 Å². The van der Waals surface area contributed by atoms with E-state index in [1.165, 1.54) is 37.4 Å². The Labute approximate surface area is 99.4 Å². The van der Waals surface area contributed by atoms with Gasteiger partial charge in [-0.3, -0.25) is 4.79 Å². The Morgan fingerprint density at radius 3 is 2.40 bits per heavy atom. The number of hydrogen-bond donors (Lipinski definition) is 0. The number of carbonyl (C=O) groups is 1. The highest BCUT2D eigenvalue weighted by Crippen LogP contribution is 2.22. The summed E-state index contributed by atoms with van der Waals surface area (Å²) in [4.78, 5) is 11.4. The van der Waals surface area contributed by atoms with Crippen LogP contribution >= 0.6 is 11.8 Å². The third kappa shape index (κ3) is 8.98. The fourth-order valence-corrected chi connectivity index (χ4v) is 2.67. The standard InChI is InChI=1S/C13H26OS/c1-5-7-8-11(3)9-12(4)10-13(14)15-6-2/h11-12H,5-10H2,1-4H3/t11-,12-/m1/s1. The highest BCUT2D eigenvalue weighted by atomic mass is 32.2. The van der Waals surface area contributed by atoms with Gasteiger partial charge in [0.05, 0.1) is 0 Å². The Bertz CT molecular complexity index is 168. The van der Waals surface area contributed by atoms with Crippen molar-refractivity contribution in [2.75, 3.05) is 5.75 Å². The second-order valence-corrected chi connectivity index (χ2v) is 5.92. The molecule has 0 saturated heterocycles. The number of hydrogen-bond acceptors (Lipinski definition) is 2. The maximum Gasteiger partial charge on any atom is 0.189 e. The first-order chi connectivity index (χ1) is 7.10. The molecule has 0 amide bonds. The molecule has 0 rings (SSSR count). The fraction of sp³-hybridized carbons (Fsp3) is 0.923. The van der Waals surface area contributed by atoms with Crippen molar-refractivity contribution in [2.24, 2.45) is 11.8 Å². The van der Waals surface area contributed by atoms with Crippen molar-refractivity contribution in [3.05, 3.63) is 0 Å². The summed E-state index contributed by atoms with van der Waals surface area (Å²) >= 11 is 1.47. The van der Waals surface area contributed by atoms with Crippen LogP contribution in [0.25, 0.3) is 0 Å². The van der Waals surface area contributed by atoms with Gasteiger partial charge in [-0.2, -0.15) is 0 Å². The first-order valence-corrected chi connectivity index (χ1v) is 7.24. The summed E-state index contributed by atoms with van der Waals surface area (Å²) in [6, 6.07) is 0. The van der Waals surface area contributed by atoms with Crippen molar-refractivity contribution in [1.82, 2.24) is 0 Å². The quantitative estimate of drug-likeness (QED) is 0.610. The third-order valence-electron chi connectivity index (χ3n) is 2.68. The molecule has 0 aliphatic carbocycles. The van der Waals surface area contributed by atoms with E-state index in [9.17, 15) is 4.79 Å². The van der Waals surface area contributed by atoms with Gasteiger partial charge in [0, 0.05) is 6.42 Å². The summed E-state index contributed by atoms with van der Waals surface area (Å²) < 4.78 is 0. The van der Waals surface area contributed by atoms with Crippen LogP contribution in [0.5, 0.6) is 0 Å². The van der Waals surface area contributed by atoms with Crippen LogP contribution in [0.15, 0.2) is 0 Å². The van der Waals surface area contributed by atoms with Crippen molar-refractivity contribution in [2.45, 2.75) is 59.8 Å². The van der Waals surface area contributed by atoms with E-state index in [-0.39, 0.29) is 0 Å². The molecule has 0 heterocycles. The minimum Gasteiger partial charge on any atom is -0.287 e. The van der Waals surface area contributed by atoms with E-state index in [0.717, 1.165) is 18.1 Å². The number of carbonyl (C=O) groups excluding carboxylic acids is 1. The van der Waals surface area contributed by atoms with E-state index in [0.29, 0.717) is 11.0 Å². The van der Waals surface area contributed by atoms with Gasteiger partial charge < -0.3 is 0 Å². The summed E-state index contributed by atoms with van der Waals surface area (Å²) in [5.74, 6) is 2.25. The number of unbranched alkanes of at least 4 members (excludes halogenated alkanes) is 1. The molecule has 0 saturated carbocycles. The minimum absolute atomic E-state index is 0.368. The van der Waals surface area contributed by atoms with Crippen LogP contribution in [0.2, 0.25) is 0 Å². The van der Waals surface area contributed by atoms with Crippen molar-refractivity contribution < 1.29 is 4.79 Å². The van der Waals surface area contributed by atoms with E-state index < -0.39 is 0 Å². The Balaban J connectivity index is 3.62. The molecule has 0 aliphatic rings. The van der Waals surface area contributed by atoms with E-state index in [2.05, 4.69) is 20.8 Å². The summed E-state index contributed by atoms with van der Waals surface area (Å²) in [6.07, 6.45) is 5.88. The van der Waals surface area contributed by atoms with Gasteiger partial charge in [0.15, 0.2) is 5.12 Å². The van der Waals surface area contributed by atoms with Crippen molar-refractivity contribution in [1.29, 1.82) is 0 Å². The molecule has 0 aromatic carbocycles. The first kappa shape index (κ1) is 15.0. The lowest BCUT2D eigenvalue weighted by molar-refractivity contribution is -0.111. The zero-order chi connectivity index (χ0) is 11.7. The van der Waals surface area contributed by atoms with Crippen LogP contribution in [0.4, 0.5) is 0 Å². The largest absolute Gasteiger partial charge is 0.287 e. The second-order valence-electron chi connectivity index (χ2n) is 4.60. The average molecular weight is 230 g/mol. The molecule has 1 nitrogen and oxygen atoms in total. The molecule has 0 radical (unpaired) electrons. The van der Waals surface area contributed by atoms with Gasteiger partial charge in [-0.05, 0) is 24.0 Å². The third-order valence-corrected chi connectivity index (χ3v) is 3.45. The van der Waals surface area contributed by atoms with Gasteiger partial charge >= 0.3 is 0 Å². The molecule has 0 aromatic rings. The summed E-state index contributed by atoms with van der Waals surface area (Å²) in [7, 11) is 0. The first-order valence-electron chi connectivity index (χ1n) is 6.25. The highest BCUT2D eigenvalue weighted by molar-refractivity contribution is 8.13. The fourth-order valence-electron chi connectivity index (χ4n) is 1.95. The lowest BCUT2D eigenvalue weighted by Crippen LogP contribution is -2.07. The highest BCUT2D eigenvalue weighted by Gasteiger charge is 2.12. The van der Waals surface area contributed by atoms with Gasteiger partial charge in [-0.25, -0.2) is 0 Å². The van der Waals surface area contributed by atoms with E-state index in [1.807, 2.05) is 6.92 Å². The molecule has 0 N–H and O–H groups in total. The molecule has 0 bridgehead atoms. The van der Waals surface area contributed by atoms with Gasteiger partial charge in [-0.1, -0.05) is 58.7 Å². The van der Waals surface area contributed by atoms with Crippen molar-refractivity contribution >= 4 is 16.9 Å². The molecule has 0 spiro atoms. The van der Waals surface area contributed by atoms with Crippen LogP contribution in [0, 0.1) is 11.8 Å². The van der Waals surface area contributed by atoms with E-state index >= 15 is 0 Å². The molecule has 0 unspecified atom stereocenters. The predicted octanol–water partition coefficient (Wildman–Crippen LogP) is 4.51. The smallest absolute Gasteiger partial charge is 0.189 e. The summed E-state index contributed by atoms with van der Waals surface area (Å²) in [5, 5.41) is 0.368. The lowest BCUT2D eigenvalue weighted by Gasteiger charge is -2.16. The van der Waals surface area contributed by atoms with Crippen LogP contribution in [-0.4, -0.2) is 10.9 Å². The van der Waals surface area contributed by atoms with E-state index in [4.69, 9.17) is 0 Å². The Morgan fingerprint density at radius 2 is 1.87 bits per heavy atom. The molecule has 0 aromatic heterocycles. The Morgan fingerprint density at radius 1 is 1.20 bits per heavy atom. The molecular formula is C13H26OS. The summed E-state index contributed by atoms with van der Waals surface area (Å²) in [5.41, 5.74) is 0. The van der Waals surface area contributed by atoms with Crippen molar-refractivity contribution in [3.63, 3.8) is 0 Å². The Kier molecular flexibility index (Phi) is 9.27. The molecule has 0 fully saturated rings. The van der Waals surface area contributed by atoms with Gasteiger partial charge in [-0.15, -0.1) is 0 Å². The molecule has 2 atom stereocenters. The normalized spacial score (nSPS) is 14.9. The number of thioether (sulfide) groups is 1. The van der Waals surface area contributed by atoms with Gasteiger partial charge in [0.1, 0.15) is 0 Å². The molecule has 90 valence electrons. The van der Waals surface area contributed by atoms with Gasteiger partial charge in [0.2, 0.25) is 0 Å². The monoisotopic (exact) mass is 230 g/mol. The summed E-state index contributed by atoms with van der Waals surface area (Å²) in [6.45, 7) is 8.79. The maximum atomic E-state index is 11.4. The van der Waals surface area contributed by atoms with E-state index in [1.54, 1.807) is 0 Å². The maximum absolute atomic E-state index is 11.4. The molecule has 2 heteroatoms. The number of rotatable bonds is 8. The van der Waals surface area contributed by atoms with Crippen LogP contribution in [-0.2, 0) is 4.79 Å². The topological polar surface area (TPSA) is 17.1 Å². The second kappa shape index (κ2) is 9.26. The van der Waals surface area contributed by atoms with Crippen LogP contribution < -0.4 is 0 Å². The minimum atomic E-state index is 0.368. The average Bonchev–Trinajstić information content (AvgIpc) is 2.14. The predicted molar refractivity (Wildman–Crippen MR) is 70.2 cm³/mol. The zero-order valence-electron chi connectivity index (χ0n) is 10.7. The SMILES string of the molecule is CCCC[C@@H](C)C[C@@H](C)CC(=O)SCC. The molecular weight excluding hydrogens is 204 g/mol.